The molecular weight excluding hydrogens is 462 g/mol. The maximum absolute atomic E-state index is 13.8. The minimum absolute atomic E-state index is 0.240. The fraction of sp³-hybridized carbons (Fsp3) is 0.100. The van der Waals surface area contributed by atoms with Crippen molar-refractivity contribution >= 4 is 28.3 Å². The van der Waals surface area contributed by atoms with E-state index in [1.807, 2.05) is 85.8 Å². The van der Waals surface area contributed by atoms with E-state index in [1.165, 1.54) is 0 Å². The lowest BCUT2D eigenvalue weighted by Crippen LogP contribution is -2.31. The zero-order valence-electron chi connectivity index (χ0n) is 20.5. The van der Waals surface area contributed by atoms with Crippen LogP contribution in [0.2, 0.25) is 0 Å². The summed E-state index contributed by atoms with van der Waals surface area (Å²) in [6.07, 6.45) is 0. The normalized spacial score (nSPS) is 14.7. The number of rotatable bonds is 5. The predicted octanol–water partition coefficient (Wildman–Crippen LogP) is 6.03. The summed E-state index contributed by atoms with van der Waals surface area (Å²) in [4.78, 5) is 18.6. The van der Waals surface area contributed by atoms with Crippen LogP contribution in [0.1, 0.15) is 18.5 Å². The van der Waals surface area contributed by atoms with Crippen molar-refractivity contribution in [2.45, 2.75) is 13.0 Å². The number of allylic oxidation sites excluding steroid dienone is 1. The Hall–Kier alpha value is -4.91. The minimum Gasteiger partial charge on any atom is -0.495 e. The van der Waals surface area contributed by atoms with Gasteiger partial charge in [-0.05, 0) is 35.4 Å². The molecule has 1 amide bonds. The highest BCUT2D eigenvalue weighted by molar-refractivity contribution is 6.06. The van der Waals surface area contributed by atoms with Gasteiger partial charge in [0.2, 0.25) is 5.95 Å². The number of anilines is 2. The van der Waals surface area contributed by atoms with Crippen molar-refractivity contribution in [3.05, 3.63) is 114 Å². The van der Waals surface area contributed by atoms with Crippen LogP contribution in [0.4, 0.5) is 11.6 Å². The van der Waals surface area contributed by atoms with Crippen LogP contribution in [-0.4, -0.2) is 27.8 Å². The molecule has 2 heterocycles. The van der Waals surface area contributed by atoms with Crippen molar-refractivity contribution in [1.82, 2.24) is 14.8 Å². The summed E-state index contributed by atoms with van der Waals surface area (Å²) in [6, 6.07) is 31.1. The van der Waals surface area contributed by atoms with Gasteiger partial charge in [-0.3, -0.25) is 4.79 Å². The van der Waals surface area contributed by atoms with Crippen molar-refractivity contribution in [3.8, 4) is 17.1 Å². The van der Waals surface area contributed by atoms with Gasteiger partial charge in [-0.15, -0.1) is 5.10 Å². The van der Waals surface area contributed by atoms with Gasteiger partial charge >= 0.3 is 0 Å². The molecule has 5 aromatic rings. The smallest absolute Gasteiger partial charge is 0.255 e. The van der Waals surface area contributed by atoms with Gasteiger partial charge in [0, 0.05) is 11.3 Å². The molecule has 7 heteroatoms. The van der Waals surface area contributed by atoms with Gasteiger partial charge in [0.05, 0.1) is 18.4 Å². The Balaban J connectivity index is 1.46. The zero-order chi connectivity index (χ0) is 25.4. The molecule has 1 aliphatic rings. The van der Waals surface area contributed by atoms with Crippen LogP contribution in [0.5, 0.6) is 5.75 Å². The summed E-state index contributed by atoms with van der Waals surface area (Å²) >= 11 is 0. The molecular formula is C30H25N5O2. The summed E-state index contributed by atoms with van der Waals surface area (Å²) in [5.41, 5.74) is 3.74. The first-order valence-corrected chi connectivity index (χ1v) is 12.1. The Morgan fingerprint density at radius 2 is 1.65 bits per heavy atom. The number of amides is 1. The maximum atomic E-state index is 13.8. The monoisotopic (exact) mass is 487 g/mol. The van der Waals surface area contributed by atoms with Gasteiger partial charge in [-0.25, -0.2) is 4.68 Å². The standard InChI is InChI=1S/C30H25N5O2/c1-19-26(29(36)32-24-17-8-9-18-25(24)37-2)27(21-12-4-3-5-13-21)35-30(31-19)33-28(34-35)23-16-10-14-20-11-6-7-15-22(20)23/h3-18,27H,1-2H3,(H,32,36)(H,31,33,34). The predicted molar refractivity (Wildman–Crippen MR) is 145 cm³/mol. The molecule has 1 aliphatic heterocycles. The number of nitrogens with one attached hydrogen (secondary N) is 2. The first-order chi connectivity index (χ1) is 18.1. The third-order valence-electron chi connectivity index (χ3n) is 6.60. The lowest BCUT2D eigenvalue weighted by atomic mass is 9.95. The van der Waals surface area contributed by atoms with Gasteiger partial charge < -0.3 is 15.4 Å². The van der Waals surface area contributed by atoms with Crippen LogP contribution < -0.4 is 15.4 Å². The third-order valence-corrected chi connectivity index (χ3v) is 6.60. The number of ether oxygens (including phenoxy) is 1. The van der Waals surface area contributed by atoms with E-state index in [0.29, 0.717) is 34.5 Å². The van der Waals surface area contributed by atoms with E-state index >= 15 is 0 Å². The number of hydrogen-bond acceptors (Lipinski definition) is 5. The number of aromatic nitrogens is 3. The Bertz CT molecular complexity index is 1650. The molecule has 0 radical (unpaired) electrons. The van der Waals surface area contributed by atoms with E-state index in [1.54, 1.807) is 11.8 Å². The van der Waals surface area contributed by atoms with Gasteiger partial charge in [-0.2, -0.15) is 4.98 Å². The van der Waals surface area contributed by atoms with Gasteiger partial charge in [-0.1, -0.05) is 84.9 Å². The number of fused-ring (bicyclic) bond motifs is 2. The van der Waals surface area contributed by atoms with E-state index < -0.39 is 6.04 Å². The molecule has 0 fully saturated rings. The number of methoxy groups -OCH3 is 1. The lowest BCUT2D eigenvalue weighted by Gasteiger charge is -2.28. The summed E-state index contributed by atoms with van der Waals surface area (Å²) < 4.78 is 7.24. The molecule has 0 saturated heterocycles. The maximum Gasteiger partial charge on any atom is 0.255 e. The molecule has 0 saturated carbocycles. The van der Waals surface area contributed by atoms with Crippen LogP contribution >= 0.6 is 0 Å². The highest BCUT2D eigenvalue weighted by Gasteiger charge is 2.34. The molecule has 1 atom stereocenters. The third kappa shape index (κ3) is 4.00. The van der Waals surface area contributed by atoms with Crippen LogP contribution in [-0.2, 0) is 4.79 Å². The topological polar surface area (TPSA) is 81.1 Å². The molecule has 2 N–H and O–H groups in total. The summed E-state index contributed by atoms with van der Waals surface area (Å²) in [6.45, 7) is 1.89. The molecule has 4 aromatic carbocycles. The van der Waals surface area contributed by atoms with E-state index in [9.17, 15) is 4.79 Å². The van der Waals surface area contributed by atoms with Crippen molar-refractivity contribution in [1.29, 1.82) is 0 Å². The minimum atomic E-state index is -0.469. The van der Waals surface area contributed by atoms with Crippen molar-refractivity contribution in [2.75, 3.05) is 17.7 Å². The fourth-order valence-electron chi connectivity index (χ4n) is 4.86. The number of para-hydroxylation sites is 2. The fourth-order valence-corrected chi connectivity index (χ4v) is 4.86. The number of hydrogen-bond donors (Lipinski definition) is 2. The Labute approximate surface area is 214 Å². The second kappa shape index (κ2) is 9.28. The van der Waals surface area contributed by atoms with Crippen LogP contribution in [0.3, 0.4) is 0 Å². The highest BCUT2D eigenvalue weighted by atomic mass is 16.5. The highest BCUT2D eigenvalue weighted by Crippen LogP contribution is 2.38. The molecule has 37 heavy (non-hydrogen) atoms. The Kier molecular flexibility index (Phi) is 5.65. The summed E-state index contributed by atoms with van der Waals surface area (Å²) in [5.74, 6) is 1.53. The molecule has 7 nitrogen and oxygen atoms in total. The van der Waals surface area contributed by atoms with Gasteiger partial charge in [0.15, 0.2) is 5.82 Å². The number of benzene rings is 4. The summed E-state index contributed by atoms with van der Waals surface area (Å²) in [5, 5.41) is 13.5. The van der Waals surface area contributed by atoms with Crippen LogP contribution in [0, 0.1) is 0 Å². The lowest BCUT2D eigenvalue weighted by molar-refractivity contribution is -0.113. The second-order valence-electron chi connectivity index (χ2n) is 8.86. The van der Waals surface area contributed by atoms with Crippen molar-refractivity contribution in [3.63, 3.8) is 0 Å². The first-order valence-electron chi connectivity index (χ1n) is 12.1. The van der Waals surface area contributed by atoms with E-state index in [-0.39, 0.29) is 5.91 Å². The van der Waals surface area contributed by atoms with Crippen LogP contribution in [0.25, 0.3) is 22.2 Å². The molecule has 0 spiro atoms. The second-order valence-corrected chi connectivity index (χ2v) is 8.86. The molecule has 182 valence electrons. The molecule has 1 unspecified atom stereocenters. The van der Waals surface area contributed by atoms with Gasteiger partial charge in [0.1, 0.15) is 11.8 Å². The molecule has 0 aliphatic carbocycles. The van der Waals surface area contributed by atoms with E-state index in [4.69, 9.17) is 14.8 Å². The molecule has 0 bridgehead atoms. The van der Waals surface area contributed by atoms with Crippen LogP contribution in [0.15, 0.2) is 108 Å². The Morgan fingerprint density at radius 1 is 0.919 bits per heavy atom. The molecule has 6 rings (SSSR count). The van der Waals surface area contributed by atoms with E-state index in [0.717, 1.165) is 21.9 Å². The van der Waals surface area contributed by atoms with Crippen molar-refractivity contribution < 1.29 is 9.53 Å². The SMILES string of the molecule is COc1ccccc1NC(=O)C1=C(C)Nc2nc(-c3cccc4ccccc34)nn2C1c1ccccc1. The number of carbonyl (C=O) groups is 1. The van der Waals surface area contributed by atoms with Gasteiger partial charge in [0.25, 0.3) is 5.91 Å². The zero-order valence-corrected chi connectivity index (χ0v) is 20.5. The quantitative estimate of drug-likeness (QED) is 0.316. The largest absolute Gasteiger partial charge is 0.495 e. The summed E-state index contributed by atoms with van der Waals surface area (Å²) in [7, 11) is 1.58. The average Bonchev–Trinajstić information content (AvgIpc) is 3.36. The first kappa shape index (κ1) is 22.5. The van der Waals surface area contributed by atoms with Crippen molar-refractivity contribution in [2.24, 2.45) is 0 Å². The Morgan fingerprint density at radius 3 is 2.49 bits per heavy atom. The molecule has 1 aromatic heterocycles. The number of nitrogens with zero attached hydrogens (tertiary/aromatic N) is 3. The van der Waals surface area contributed by atoms with E-state index in [2.05, 4.69) is 28.8 Å². The average molecular weight is 488 g/mol. The number of carbonyl (C=O) groups excluding carboxylic acids is 1.